The SMILES string of the molecule is CC(C)(C)c1nc(C(=O)NCc2ccnc(F)c2)cs1. The van der Waals surface area contributed by atoms with Crippen LogP contribution in [0.2, 0.25) is 0 Å². The maximum atomic E-state index is 12.9. The minimum atomic E-state index is -0.555. The number of carbonyl (C=O) groups excluding carboxylic acids is 1. The second-order valence-electron chi connectivity index (χ2n) is 5.46. The Morgan fingerprint density at radius 1 is 1.45 bits per heavy atom. The van der Waals surface area contributed by atoms with Gasteiger partial charge < -0.3 is 5.32 Å². The van der Waals surface area contributed by atoms with Crippen molar-refractivity contribution in [3.05, 3.63) is 45.9 Å². The maximum absolute atomic E-state index is 12.9. The fourth-order valence-corrected chi connectivity index (χ4v) is 2.44. The van der Waals surface area contributed by atoms with Crippen LogP contribution in [0.1, 0.15) is 41.8 Å². The number of amides is 1. The molecule has 2 aromatic heterocycles. The summed E-state index contributed by atoms with van der Waals surface area (Å²) in [5.74, 6) is -0.811. The number of hydrogen-bond acceptors (Lipinski definition) is 4. The molecule has 0 saturated heterocycles. The molecule has 0 saturated carbocycles. The minimum absolute atomic E-state index is 0.0720. The van der Waals surface area contributed by atoms with Gasteiger partial charge in [0, 0.05) is 23.5 Å². The molecule has 0 fully saturated rings. The van der Waals surface area contributed by atoms with Gasteiger partial charge in [0.2, 0.25) is 5.95 Å². The molecule has 0 aliphatic carbocycles. The van der Waals surface area contributed by atoms with Crippen LogP contribution in [0.3, 0.4) is 0 Å². The highest BCUT2D eigenvalue weighted by atomic mass is 32.1. The van der Waals surface area contributed by atoms with Crippen molar-refractivity contribution in [3.63, 3.8) is 0 Å². The van der Waals surface area contributed by atoms with E-state index in [2.05, 4.69) is 15.3 Å². The molecule has 0 bridgehead atoms. The summed E-state index contributed by atoms with van der Waals surface area (Å²) in [7, 11) is 0. The van der Waals surface area contributed by atoms with Gasteiger partial charge in [-0.15, -0.1) is 11.3 Å². The van der Waals surface area contributed by atoms with Crippen molar-refractivity contribution in [2.24, 2.45) is 0 Å². The monoisotopic (exact) mass is 293 g/mol. The lowest BCUT2D eigenvalue weighted by molar-refractivity contribution is 0.0946. The number of carbonyl (C=O) groups is 1. The van der Waals surface area contributed by atoms with Gasteiger partial charge in [0.1, 0.15) is 5.69 Å². The van der Waals surface area contributed by atoms with Gasteiger partial charge in [-0.25, -0.2) is 9.97 Å². The lowest BCUT2D eigenvalue weighted by Crippen LogP contribution is -2.23. The van der Waals surface area contributed by atoms with Gasteiger partial charge in [-0.2, -0.15) is 4.39 Å². The van der Waals surface area contributed by atoms with E-state index in [1.165, 1.54) is 23.6 Å². The summed E-state index contributed by atoms with van der Waals surface area (Å²) in [5.41, 5.74) is 0.990. The third-order valence-electron chi connectivity index (χ3n) is 2.62. The number of pyridine rings is 1. The first kappa shape index (κ1) is 14.6. The zero-order valence-corrected chi connectivity index (χ0v) is 12.4. The molecule has 0 radical (unpaired) electrons. The smallest absolute Gasteiger partial charge is 0.271 e. The van der Waals surface area contributed by atoms with Gasteiger partial charge in [-0.3, -0.25) is 4.79 Å². The second kappa shape index (κ2) is 5.66. The summed E-state index contributed by atoms with van der Waals surface area (Å²) in [5, 5.41) is 5.37. The third-order valence-corrected chi connectivity index (χ3v) is 3.89. The van der Waals surface area contributed by atoms with Gasteiger partial charge in [0.25, 0.3) is 5.91 Å². The average Bonchev–Trinajstić information content (AvgIpc) is 2.85. The molecule has 1 N–H and O–H groups in total. The Morgan fingerprint density at radius 3 is 2.80 bits per heavy atom. The van der Waals surface area contributed by atoms with Crippen molar-refractivity contribution < 1.29 is 9.18 Å². The molecule has 1 amide bonds. The first-order valence-corrected chi connectivity index (χ1v) is 7.09. The molecular weight excluding hydrogens is 277 g/mol. The van der Waals surface area contributed by atoms with Crippen molar-refractivity contribution in [2.75, 3.05) is 0 Å². The Kier molecular flexibility index (Phi) is 4.13. The van der Waals surface area contributed by atoms with Crippen LogP contribution in [0.5, 0.6) is 0 Å². The van der Waals surface area contributed by atoms with Crippen LogP contribution in [-0.4, -0.2) is 15.9 Å². The molecule has 0 spiro atoms. The summed E-state index contributed by atoms with van der Waals surface area (Å²) in [6.07, 6.45) is 1.37. The molecule has 2 heterocycles. The molecule has 0 unspecified atom stereocenters. The normalized spacial score (nSPS) is 11.4. The topological polar surface area (TPSA) is 54.9 Å². The van der Waals surface area contributed by atoms with Crippen molar-refractivity contribution in [2.45, 2.75) is 32.7 Å². The molecule has 0 atom stereocenters. The highest BCUT2D eigenvalue weighted by Crippen LogP contribution is 2.25. The largest absolute Gasteiger partial charge is 0.347 e. The van der Waals surface area contributed by atoms with Gasteiger partial charge in [0.05, 0.1) is 5.01 Å². The van der Waals surface area contributed by atoms with E-state index in [1.807, 2.05) is 20.8 Å². The first-order chi connectivity index (χ1) is 9.36. The van der Waals surface area contributed by atoms with E-state index in [0.29, 0.717) is 11.3 Å². The number of thiazole rings is 1. The number of aromatic nitrogens is 2. The van der Waals surface area contributed by atoms with Crippen LogP contribution in [0.4, 0.5) is 4.39 Å². The van der Waals surface area contributed by atoms with E-state index in [-0.39, 0.29) is 17.9 Å². The third kappa shape index (κ3) is 3.60. The molecule has 0 aliphatic rings. The summed E-state index contributed by atoms with van der Waals surface area (Å²) in [6, 6.07) is 2.95. The van der Waals surface area contributed by atoms with E-state index < -0.39 is 5.95 Å². The van der Waals surface area contributed by atoms with Crippen LogP contribution < -0.4 is 5.32 Å². The number of hydrogen-bond donors (Lipinski definition) is 1. The van der Waals surface area contributed by atoms with Crippen LogP contribution in [0, 0.1) is 5.95 Å². The Morgan fingerprint density at radius 2 is 2.20 bits per heavy atom. The predicted molar refractivity (Wildman–Crippen MR) is 76.2 cm³/mol. The van der Waals surface area contributed by atoms with Crippen LogP contribution in [0.15, 0.2) is 23.7 Å². The molecule has 2 aromatic rings. The fourth-order valence-electron chi connectivity index (χ4n) is 1.55. The summed E-state index contributed by atoms with van der Waals surface area (Å²) < 4.78 is 12.9. The fraction of sp³-hybridized carbons (Fsp3) is 0.357. The minimum Gasteiger partial charge on any atom is -0.347 e. The number of halogens is 1. The zero-order valence-electron chi connectivity index (χ0n) is 11.6. The quantitative estimate of drug-likeness (QED) is 0.885. The molecule has 0 aromatic carbocycles. The molecule has 2 rings (SSSR count). The summed E-state index contributed by atoms with van der Waals surface area (Å²) in [4.78, 5) is 19.8. The number of nitrogens with zero attached hydrogens (tertiary/aromatic N) is 2. The maximum Gasteiger partial charge on any atom is 0.271 e. The molecule has 4 nitrogen and oxygen atoms in total. The highest BCUT2D eigenvalue weighted by molar-refractivity contribution is 7.10. The van der Waals surface area contributed by atoms with Crippen LogP contribution in [-0.2, 0) is 12.0 Å². The van der Waals surface area contributed by atoms with E-state index in [9.17, 15) is 9.18 Å². The second-order valence-corrected chi connectivity index (χ2v) is 6.32. The van der Waals surface area contributed by atoms with E-state index >= 15 is 0 Å². The Balaban J connectivity index is 2.00. The standard InChI is InChI=1S/C14H16FN3OS/c1-14(2,3)13-18-10(8-20-13)12(19)17-7-9-4-5-16-11(15)6-9/h4-6,8H,7H2,1-3H3,(H,17,19). The summed E-state index contributed by atoms with van der Waals surface area (Å²) >= 11 is 1.47. The average molecular weight is 293 g/mol. The summed E-state index contributed by atoms with van der Waals surface area (Å²) in [6.45, 7) is 6.40. The van der Waals surface area contributed by atoms with Gasteiger partial charge >= 0.3 is 0 Å². The molecule has 106 valence electrons. The van der Waals surface area contributed by atoms with E-state index in [4.69, 9.17) is 0 Å². The zero-order chi connectivity index (χ0) is 14.8. The van der Waals surface area contributed by atoms with Crippen molar-refractivity contribution in [1.29, 1.82) is 0 Å². The predicted octanol–water partition coefficient (Wildman–Crippen LogP) is 2.90. The van der Waals surface area contributed by atoms with Crippen LogP contribution in [0.25, 0.3) is 0 Å². The first-order valence-electron chi connectivity index (χ1n) is 6.21. The van der Waals surface area contributed by atoms with Gasteiger partial charge in [-0.05, 0) is 17.7 Å². The molecule has 20 heavy (non-hydrogen) atoms. The lowest BCUT2D eigenvalue weighted by Gasteiger charge is -2.13. The Labute approximate surface area is 121 Å². The van der Waals surface area contributed by atoms with Crippen LogP contribution >= 0.6 is 11.3 Å². The highest BCUT2D eigenvalue weighted by Gasteiger charge is 2.20. The van der Waals surface area contributed by atoms with Gasteiger partial charge in [0.15, 0.2) is 0 Å². The van der Waals surface area contributed by atoms with E-state index in [0.717, 1.165) is 5.01 Å². The molecule has 6 heteroatoms. The van der Waals surface area contributed by atoms with Crippen molar-refractivity contribution >= 4 is 17.2 Å². The number of nitrogens with one attached hydrogen (secondary N) is 1. The molecular formula is C14H16FN3OS. The van der Waals surface area contributed by atoms with Crippen molar-refractivity contribution in [3.8, 4) is 0 Å². The lowest BCUT2D eigenvalue weighted by atomic mass is 9.98. The van der Waals surface area contributed by atoms with E-state index in [1.54, 1.807) is 11.4 Å². The Hall–Kier alpha value is -1.82. The molecule has 0 aliphatic heterocycles. The van der Waals surface area contributed by atoms with Gasteiger partial charge in [-0.1, -0.05) is 20.8 Å². The number of rotatable bonds is 3. The Bertz CT molecular complexity index is 619. The van der Waals surface area contributed by atoms with Crippen molar-refractivity contribution in [1.82, 2.24) is 15.3 Å².